The summed E-state index contributed by atoms with van der Waals surface area (Å²) in [5.41, 5.74) is 5.88. The second-order valence-electron chi connectivity index (χ2n) is 3.43. The van der Waals surface area contributed by atoms with Crippen LogP contribution in [0.2, 0.25) is 0 Å². The number of aromatic nitrogens is 3. The number of hydrogen-bond donors (Lipinski definition) is 1. The summed E-state index contributed by atoms with van der Waals surface area (Å²) in [5, 5.41) is 3.85. The topological polar surface area (TPSA) is 103 Å². The van der Waals surface area contributed by atoms with Crippen LogP contribution in [-0.2, 0) is 10.0 Å². The lowest BCUT2D eigenvalue weighted by Crippen LogP contribution is -2.12. The number of nitrogens with zero attached hydrogens (tertiary/aromatic N) is 4. The molecule has 17 heavy (non-hydrogen) atoms. The first-order chi connectivity index (χ1) is 8.08. The van der Waals surface area contributed by atoms with E-state index < -0.39 is 10.0 Å². The molecular weight excluding hydrogens is 242 g/mol. The normalized spacial score (nSPS) is 16.6. The Hall–Kier alpha value is -2.22. The van der Waals surface area contributed by atoms with Gasteiger partial charge in [0.15, 0.2) is 5.84 Å². The van der Waals surface area contributed by atoms with E-state index in [0.717, 1.165) is 0 Å². The molecule has 0 fully saturated rings. The summed E-state index contributed by atoms with van der Waals surface area (Å²) in [5.74, 6) is 0.277. The van der Waals surface area contributed by atoms with Crippen LogP contribution in [0.3, 0.4) is 0 Å². The zero-order chi connectivity index (χ0) is 12.0. The fourth-order valence-corrected chi connectivity index (χ4v) is 2.83. The predicted octanol–water partition coefficient (Wildman–Crippen LogP) is -0.143. The van der Waals surface area contributed by atoms with E-state index in [-0.39, 0.29) is 16.7 Å². The minimum absolute atomic E-state index is 0.0643. The molecule has 0 spiro atoms. The summed E-state index contributed by atoms with van der Waals surface area (Å²) in [6, 6.07) is 6.54. The molecule has 0 radical (unpaired) electrons. The first kappa shape index (κ1) is 9.97. The Kier molecular flexibility index (Phi) is 1.84. The zero-order valence-corrected chi connectivity index (χ0v) is 9.29. The van der Waals surface area contributed by atoms with E-state index in [2.05, 4.69) is 14.5 Å². The molecule has 2 N–H and O–H groups in total. The summed E-state index contributed by atoms with van der Waals surface area (Å²) in [6.45, 7) is 0. The van der Waals surface area contributed by atoms with Crippen LogP contribution >= 0.6 is 0 Å². The third-order valence-corrected chi connectivity index (χ3v) is 3.66. The predicted molar refractivity (Wildman–Crippen MR) is 60.0 cm³/mol. The molecule has 0 amide bonds. The third kappa shape index (κ3) is 1.41. The molecular formula is C9H7N5O2S. The summed E-state index contributed by atoms with van der Waals surface area (Å²) < 4.78 is 28.4. The largest absolute Gasteiger partial charge is 0.366 e. The van der Waals surface area contributed by atoms with E-state index in [9.17, 15) is 8.42 Å². The number of rotatable bonds is 0. The molecule has 0 bridgehead atoms. The molecule has 2 heterocycles. The van der Waals surface area contributed by atoms with Crippen LogP contribution in [0.25, 0.3) is 0 Å². The van der Waals surface area contributed by atoms with Gasteiger partial charge in [0, 0.05) is 5.56 Å². The van der Waals surface area contributed by atoms with Crippen molar-refractivity contribution in [2.24, 2.45) is 4.40 Å². The maximum Gasteiger partial charge on any atom is 0.285 e. The molecule has 7 nitrogen and oxygen atoms in total. The van der Waals surface area contributed by atoms with Gasteiger partial charge in [-0.05, 0) is 12.1 Å². The van der Waals surface area contributed by atoms with Gasteiger partial charge in [0.2, 0.25) is 5.95 Å². The van der Waals surface area contributed by atoms with Crippen molar-refractivity contribution in [1.82, 2.24) is 14.8 Å². The van der Waals surface area contributed by atoms with Crippen molar-refractivity contribution in [3.8, 4) is 0 Å². The Morgan fingerprint density at radius 1 is 1.24 bits per heavy atom. The summed E-state index contributed by atoms with van der Waals surface area (Å²) in [7, 11) is -3.64. The lowest BCUT2D eigenvalue weighted by atomic mass is 10.2. The van der Waals surface area contributed by atoms with Crippen molar-refractivity contribution < 1.29 is 8.42 Å². The van der Waals surface area contributed by atoms with Crippen molar-refractivity contribution in [3.05, 3.63) is 36.2 Å². The van der Waals surface area contributed by atoms with E-state index in [1.54, 1.807) is 18.2 Å². The maximum atomic E-state index is 11.8. The molecule has 2 aromatic rings. The van der Waals surface area contributed by atoms with Crippen LogP contribution in [0.15, 0.2) is 39.9 Å². The van der Waals surface area contributed by atoms with Crippen LogP contribution < -0.4 is 5.73 Å². The molecule has 86 valence electrons. The van der Waals surface area contributed by atoms with Crippen LogP contribution in [0, 0.1) is 0 Å². The fraction of sp³-hybridized carbons (Fsp3) is 0. The summed E-state index contributed by atoms with van der Waals surface area (Å²) in [6.07, 6.45) is 1.33. The number of fused-ring (bicyclic) bond motifs is 1. The summed E-state index contributed by atoms with van der Waals surface area (Å²) >= 11 is 0. The Bertz CT molecular complexity index is 731. The van der Waals surface area contributed by atoms with Gasteiger partial charge in [-0.25, -0.2) is 4.98 Å². The van der Waals surface area contributed by atoms with Gasteiger partial charge in [-0.2, -0.15) is 13.1 Å². The van der Waals surface area contributed by atoms with Gasteiger partial charge < -0.3 is 5.73 Å². The average Bonchev–Trinajstić information content (AvgIpc) is 2.82. The van der Waals surface area contributed by atoms with Gasteiger partial charge >= 0.3 is 0 Å². The molecule has 0 atom stereocenters. The molecule has 3 rings (SSSR count). The lowest BCUT2D eigenvalue weighted by molar-refractivity contribution is 0.599. The van der Waals surface area contributed by atoms with E-state index in [4.69, 9.17) is 5.73 Å². The lowest BCUT2D eigenvalue weighted by Gasteiger charge is -1.99. The fourth-order valence-electron chi connectivity index (χ4n) is 1.63. The van der Waals surface area contributed by atoms with Crippen LogP contribution in [0.5, 0.6) is 0 Å². The van der Waals surface area contributed by atoms with Crippen molar-refractivity contribution >= 4 is 21.8 Å². The molecule has 0 saturated heterocycles. The third-order valence-electron chi connectivity index (χ3n) is 2.34. The first-order valence-corrected chi connectivity index (χ1v) is 6.14. The minimum atomic E-state index is -3.64. The highest BCUT2D eigenvalue weighted by atomic mass is 32.2. The van der Waals surface area contributed by atoms with E-state index in [0.29, 0.717) is 5.56 Å². The highest BCUT2D eigenvalue weighted by Crippen LogP contribution is 2.26. The Balaban J connectivity index is 2.27. The van der Waals surface area contributed by atoms with E-state index in [1.165, 1.54) is 17.1 Å². The van der Waals surface area contributed by atoms with Gasteiger partial charge in [-0.1, -0.05) is 12.1 Å². The maximum absolute atomic E-state index is 11.8. The second-order valence-corrected chi connectivity index (χ2v) is 5.01. The molecule has 0 unspecified atom stereocenters. The minimum Gasteiger partial charge on any atom is -0.366 e. The molecule has 1 aromatic heterocycles. The monoisotopic (exact) mass is 249 g/mol. The van der Waals surface area contributed by atoms with Crippen molar-refractivity contribution in [3.63, 3.8) is 0 Å². The Labute approximate surface area is 96.7 Å². The molecule has 0 saturated carbocycles. The number of nitrogens with two attached hydrogens (primary N) is 1. The first-order valence-electron chi connectivity index (χ1n) is 4.70. The highest BCUT2D eigenvalue weighted by molar-refractivity contribution is 7.90. The van der Waals surface area contributed by atoms with Gasteiger partial charge in [0.1, 0.15) is 11.2 Å². The molecule has 1 aliphatic heterocycles. The van der Waals surface area contributed by atoms with Crippen molar-refractivity contribution in [2.75, 3.05) is 5.73 Å². The molecule has 1 aromatic carbocycles. The summed E-state index contributed by atoms with van der Waals surface area (Å²) in [4.78, 5) is 3.91. The quantitative estimate of drug-likeness (QED) is 0.699. The number of hydrogen-bond acceptors (Lipinski definition) is 5. The SMILES string of the molecule is Nc1ncn(C2=NS(=O)(=O)c3ccccc32)n1. The zero-order valence-electron chi connectivity index (χ0n) is 8.48. The number of nitrogen functional groups attached to an aromatic ring is 1. The number of benzene rings is 1. The molecule has 0 aliphatic carbocycles. The van der Waals surface area contributed by atoms with Gasteiger partial charge in [-0.3, -0.25) is 0 Å². The van der Waals surface area contributed by atoms with Crippen molar-refractivity contribution in [1.29, 1.82) is 0 Å². The second kappa shape index (κ2) is 3.14. The number of sulfonamides is 1. The average molecular weight is 249 g/mol. The smallest absolute Gasteiger partial charge is 0.285 e. The van der Waals surface area contributed by atoms with E-state index >= 15 is 0 Å². The Morgan fingerprint density at radius 2 is 2.00 bits per heavy atom. The van der Waals surface area contributed by atoms with Gasteiger partial charge in [0.05, 0.1) is 0 Å². The van der Waals surface area contributed by atoms with Gasteiger partial charge in [0.25, 0.3) is 10.0 Å². The molecule has 8 heteroatoms. The van der Waals surface area contributed by atoms with Gasteiger partial charge in [-0.15, -0.1) is 9.50 Å². The van der Waals surface area contributed by atoms with Crippen molar-refractivity contribution in [2.45, 2.75) is 4.90 Å². The Morgan fingerprint density at radius 3 is 2.71 bits per heavy atom. The van der Waals surface area contributed by atoms with Crippen LogP contribution in [0.4, 0.5) is 5.95 Å². The molecule has 1 aliphatic rings. The standard InChI is InChI=1S/C9H7N5O2S/c10-9-11-5-14(12-9)8-6-3-1-2-4-7(6)17(15,16)13-8/h1-5H,(H2,10,12). The van der Waals surface area contributed by atoms with Crippen LogP contribution in [-0.4, -0.2) is 29.0 Å². The van der Waals surface area contributed by atoms with E-state index in [1.807, 2.05) is 0 Å². The highest BCUT2D eigenvalue weighted by Gasteiger charge is 2.29. The number of anilines is 1. The van der Waals surface area contributed by atoms with Crippen LogP contribution in [0.1, 0.15) is 5.56 Å².